The van der Waals surface area contributed by atoms with Gasteiger partial charge in [-0.3, -0.25) is 9.69 Å². The number of cyclic esters (lactones) is 1. The predicted molar refractivity (Wildman–Crippen MR) is 87.8 cm³/mol. The Bertz CT molecular complexity index is 569. The molecule has 0 aliphatic carbocycles. The number of hydrogen-bond acceptors (Lipinski definition) is 5. The second-order valence-electron chi connectivity index (χ2n) is 5.81. The highest BCUT2D eigenvalue weighted by Crippen LogP contribution is 2.25. The van der Waals surface area contributed by atoms with Gasteiger partial charge >= 0.3 is 6.09 Å². The molecule has 0 unspecified atom stereocenters. The second-order valence-corrected chi connectivity index (χ2v) is 5.81. The minimum Gasteiger partial charge on any atom is -0.442 e. The Morgan fingerprint density at radius 3 is 2.57 bits per heavy atom. The van der Waals surface area contributed by atoms with E-state index in [2.05, 4.69) is 15.5 Å². The number of carbonyl (C=O) groups excluding carboxylic acids is 2. The minimum absolute atomic E-state index is 0.125. The van der Waals surface area contributed by atoms with Gasteiger partial charge in [-0.2, -0.15) is 0 Å². The summed E-state index contributed by atoms with van der Waals surface area (Å²) in [5, 5.41) is 6.01. The van der Waals surface area contributed by atoms with Crippen LogP contribution in [0.5, 0.6) is 0 Å². The summed E-state index contributed by atoms with van der Waals surface area (Å²) in [6, 6.07) is 7.96. The van der Waals surface area contributed by atoms with E-state index in [1.807, 2.05) is 24.3 Å². The Morgan fingerprint density at radius 2 is 1.91 bits per heavy atom. The molecule has 23 heavy (non-hydrogen) atoms. The number of carbonyl (C=O) groups is 2. The van der Waals surface area contributed by atoms with Gasteiger partial charge in [0, 0.05) is 44.5 Å². The van der Waals surface area contributed by atoms with Gasteiger partial charge in [-0.05, 0) is 24.3 Å². The van der Waals surface area contributed by atoms with Crippen molar-refractivity contribution < 1.29 is 14.3 Å². The Labute approximate surface area is 135 Å². The molecule has 0 saturated carbocycles. The van der Waals surface area contributed by atoms with E-state index in [-0.39, 0.29) is 18.1 Å². The van der Waals surface area contributed by atoms with Crippen molar-refractivity contribution in [1.82, 2.24) is 10.6 Å². The van der Waals surface area contributed by atoms with Crippen molar-refractivity contribution in [2.45, 2.75) is 13.0 Å². The van der Waals surface area contributed by atoms with Gasteiger partial charge in [0.15, 0.2) is 0 Å². The number of anilines is 2. The number of amides is 2. The van der Waals surface area contributed by atoms with Crippen LogP contribution in [0.1, 0.15) is 6.92 Å². The fraction of sp³-hybridized carbons (Fsp3) is 0.500. The zero-order valence-corrected chi connectivity index (χ0v) is 13.2. The number of ether oxygens (including phenoxy) is 1. The molecule has 2 heterocycles. The number of nitrogens with zero attached hydrogens (tertiary/aromatic N) is 2. The lowest BCUT2D eigenvalue weighted by Gasteiger charge is -2.29. The molecular formula is C16H22N4O3. The second kappa shape index (κ2) is 6.87. The Kier molecular flexibility index (Phi) is 4.66. The van der Waals surface area contributed by atoms with Crippen LogP contribution in [0.25, 0.3) is 0 Å². The number of hydrogen-bond donors (Lipinski definition) is 2. The molecule has 7 heteroatoms. The van der Waals surface area contributed by atoms with Gasteiger partial charge in [-0.15, -0.1) is 0 Å². The first-order chi connectivity index (χ1) is 11.1. The fourth-order valence-corrected chi connectivity index (χ4v) is 2.86. The normalized spacial score (nSPS) is 21.3. The summed E-state index contributed by atoms with van der Waals surface area (Å²) in [6.45, 7) is 6.20. The summed E-state index contributed by atoms with van der Waals surface area (Å²) in [6.07, 6.45) is -0.672. The molecule has 2 amide bonds. The first kappa shape index (κ1) is 15.6. The molecule has 2 aliphatic rings. The maximum atomic E-state index is 12.0. The van der Waals surface area contributed by atoms with Gasteiger partial charge in [0.25, 0.3) is 0 Å². The third-order valence-electron chi connectivity index (χ3n) is 4.10. The molecule has 0 radical (unpaired) electrons. The van der Waals surface area contributed by atoms with Crippen molar-refractivity contribution in [2.75, 3.05) is 49.1 Å². The van der Waals surface area contributed by atoms with E-state index in [4.69, 9.17) is 4.74 Å². The highest BCUT2D eigenvalue weighted by molar-refractivity contribution is 5.90. The SMILES string of the molecule is CC(=O)NC[C@H]1CN(c2ccc(N3CCNCC3)cc2)C(=O)O1. The third kappa shape index (κ3) is 3.73. The molecule has 2 aliphatic heterocycles. The van der Waals surface area contributed by atoms with Gasteiger partial charge in [0.1, 0.15) is 6.10 Å². The van der Waals surface area contributed by atoms with Crippen LogP contribution in [-0.2, 0) is 9.53 Å². The lowest BCUT2D eigenvalue weighted by atomic mass is 10.2. The van der Waals surface area contributed by atoms with Crippen LogP contribution in [-0.4, -0.2) is 57.4 Å². The molecule has 1 aromatic carbocycles. The Morgan fingerprint density at radius 1 is 1.26 bits per heavy atom. The average molecular weight is 318 g/mol. The van der Waals surface area contributed by atoms with Gasteiger partial charge in [0.05, 0.1) is 13.1 Å². The summed E-state index contributed by atoms with van der Waals surface area (Å²) in [4.78, 5) is 26.9. The zero-order valence-electron chi connectivity index (χ0n) is 13.2. The third-order valence-corrected chi connectivity index (χ3v) is 4.10. The summed E-state index contributed by atoms with van der Waals surface area (Å²) in [5.74, 6) is -0.125. The smallest absolute Gasteiger partial charge is 0.414 e. The van der Waals surface area contributed by atoms with E-state index in [0.29, 0.717) is 13.1 Å². The zero-order chi connectivity index (χ0) is 16.2. The van der Waals surface area contributed by atoms with Crippen LogP contribution in [0.2, 0.25) is 0 Å². The summed E-state index contributed by atoms with van der Waals surface area (Å²) in [5.41, 5.74) is 1.98. The molecule has 1 aromatic rings. The van der Waals surface area contributed by atoms with E-state index in [9.17, 15) is 9.59 Å². The molecule has 2 saturated heterocycles. The first-order valence-corrected chi connectivity index (χ1v) is 7.92. The predicted octanol–water partition coefficient (Wildman–Crippen LogP) is 0.557. The van der Waals surface area contributed by atoms with Crippen molar-refractivity contribution in [3.05, 3.63) is 24.3 Å². The maximum absolute atomic E-state index is 12.0. The molecule has 0 aromatic heterocycles. The average Bonchev–Trinajstić information content (AvgIpc) is 2.95. The monoisotopic (exact) mass is 318 g/mol. The Balaban J connectivity index is 1.62. The quantitative estimate of drug-likeness (QED) is 0.848. The van der Waals surface area contributed by atoms with Crippen molar-refractivity contribution in [3.63, 3.8) is 0 Å². The van der Waals surface area contributed by atoms with Crippen LogP contribution >= 0.6 is 0 Å². The highest BCUT2D eigenvalue weighted by atomic mass is 16.6. The van der Waals surface area contributed by atoms with Crippen LogP contribution in [0.15, 0.2) is 24.3 Å². The van der Waals surface area contributed by atoms with E-state index >= 15 is 0 Å². The van der Waals surface area contributed by atoms with Crippen molar-refractivity contribution >= 4 is 23.4 Å². The summed E-state index contributed by atoms with van der Waals surface area (Å²) in [7, 11) is 0. The maximum Gasteiger partial charge on any atom is 0.414 e. The van der Waals surface area contributed by atoms with Gasteiger partial charge in [-0.1, -0.05) is 0 Å². The molecule has 2 fully saturated rings. The molecular weight excluding hydrogens is 296 g/mol. The topological polar surface area (TPSA) is 73.9 Å². The standard InChI is InChI=1S/C16H22N4O3/c1-12(21)18-10-15-11-20(16(22)23-15)14-4-2-13(3-5-14)19-8-6-17-7-9-19/h2-5,15,17H,6-11H2,1H3,(H,18,21)/t15-/m0/s1. The van der Waals surface area contributed by atoms with Gasteiger partial charge in [-0.25, -0.2) is 4.79 Å². The summed E-state index contributed by atoms with van der Waals surface area (Å²) >= 11 is 0. The minimum atomic E-state index is -0.365. The molecule has 1 atom stereocenters. The van der Waals surface area contributed by atoms with Gasteiger partial charge < -0.3 is 20.3 Å². The lowest BCUT2D eigenvalue weighted by molar-refractivity contribution is -0.119. The van der Waals surface area contributed by atoms with Crippen LogP contribution in [0.4, 0.5) is 16.2 Å². The van der Waals surface area contributed by atoms with Crippen LogP contribution in [0.3, 0.4) is 0 Å². The molecule has 0 bridgehead atoms. The highest BCUT2D eigenvalue weighted by Gasteiger charge is 2.32. The first-order valence-electron chi connectivity index (χ1n) is 7.92. The van der Waals surface area contributed by atoms with Crippen LogP contribution in [0, 0.1) is 0 Å². The molecule has 0 spiro atoms. The summed E-state index contributed by atoms with van der Waals surface area (Å²) < 4.78 is 5.28. The van der Waals surface area contributed by atoms with E-state index < -0.39 is 0 Å². The molecule has 7 nitrogen and oxygen atoms in total. The van der Waals surface area contributed by atoms with E-state index in [1.54, 1.807) is 4.90 Å². The number of nitrogens with one attached hydrogen (secondary N) is 2. The fourth-order valence-electron chi connectivity index (χ4n) is 2.86. The van der Waals surface area contributed by atoms with Crippen LogP contribution < -0.4 is 20.4 Å². The van der Waals surface area contributed by atoms with E-state index in [1.165, 1.54) is 6.92 Å². The lowest BCUT2D eigenvalue weighted by Crippen LogP contribution is -2.43. The number of piperazine rings is 1. The molecule has 3 rings (SSSR count). The molecule has 124 valence electrons. The number of rotatable bonds is 4. The van der Waals surface area contributed by atoms with E-state index in [0.717, 1.165) is 37.6 Å². The van der Waals surface area contributed by atoms with Crippen molar-refractivity contribution in [1.29, 1.82) is 0 Å². The molecule has 2 N–H and O–H groups in total. The number of benzene rings is 1. The Hall–Kier alpha value is -2.28. The largest absolute Gasteiger partial charge is 0.442 e. The van der Waals surface area contributed by atoms with Gasteiger partial charge in [0.2, 0.25) is 5.91 Å². The van der Waals surface area contributed by atoms with Crippen molar-refractivity contribution in [3.8, 4) is 0 Å². The van der Waals surface area contributed by atoms with Crippen molar-refractivity contribution in [2.24, 2.45) is 0 Å².